The summed E-state index contributed by atoms with van der Waals surface area (Å²) in [6.45, 7) is 4.05. The van der Waals surface area contributed by atoms with Gasteiger partial charge in [0.2, 0.25) is 0 Å². The van der Waals surface area contributed by atoms with Gasteiger partial charge in [-0.05, 0) is 30.2 Å². The molecule has 3 aromatic rings. The summed E-state index contributed by atoms with van der Waals surface area (Å²) in [6, 6.07) is 14.1. The first-order valence-electron chi connectivity index (χ1n) is 12.5. The van der Waals surface area contributed by atoms with Crippen molar-refractivity contribution in [2.24, 2.45) is 5.92 Å². The van der Waals surface area contributed by atoms with Gasteiger partial charge in [-0.3, -0.25) is 4.79 Å². The number of carbonyl (C=O) groups is 2. The number of amides is 2. The van der Waals surface area contributed by atoms with E-state index in [1.54, 1.807) is 36.0 Å². The number of ether oxygens (including phenoxy) is 3. The zero-order chi connectivity index (χ0) is 27.9. The molecule has 0 radical (unpaired) electrons. The average molecular weight is 577 g/mol. The first kappa shape index (κ1) is 28.8. The Balaban J connectivity index is 1.55. The van der Waals surface area contributed by atoms with Crippen molar-refractivity contribution in [2.45, 2.75) is 45.5 Å². The fraction of sp³-hybridized carbons (Fsp3) is 0.370. The molecule has 0 unspecified atom stereocenters. The molecule has 10 nitrogen and oxygen atoms in total. The second kappa shape index (κ2) is 13.3. The lowest BCUT2D eigenvalue weighted by molar-refractivity contribution is -0.276. The summed E-state index contributed by atoms with van der Waals surface area (Å²) in [6.07, 6.45) is 0.119. The summed E-state index contributed by atoms with van der Waals surface area (Å²) >= 11 is 12.4. The standard InChI is InChI=1S/C27H30Cl2N4O6/c1-3-37-22(35)12-30-27(36)32-20-6-4-5-19(11-20)26-38-21(13-33-15-31-24(28)25(33)29)16(2)23(39-26)18-9-7-17(14-34)8-10-18/h4-11,15-16,21,23,26,34H,3,12-14H2,1-2H3,(H2,30,32,36)/t16-,21+,23+,26+/m1/s1. The van der Waals surface area contributed by atoms with Crippen molar-refractivity contribution in [1.29, 1.82) is 0 Å². The predicted molar refractivity (Wildman–Crippen MR) is 145 cm³/mol. The third-order valence-corrected chi connectivity index (χ3v) is 7.12. The molecule has 1 fully saturated rings. The molecule has 4 rings (SSSR count). The molecule has 4 atom stereocenters. The van der Waals surface area contributed by atoms with Crippen LogP contribution in [-0.2, 0) is 32.2 Å². The van der Waals surface area contributed by atoms with Crippen molar-refractivity contribution in [2.75, 3.05) is 18.5 Å². The van der Waals surface area contributed by atoms with E-state index in [0.29, 0.717) is 22.9 Å². The fourth-order valence-corrected chi connectivity index (χ4v) is 4.61. The van der Waals surface area contributed by atoms with Gasteiger partial charge in [0.25, 0.3) is 0 Å². The summed E-state index contributed by atoms with van der Waals surface area (Å²) in [5.41, 5.74) is 2.90. The topological polar surface area (TPSA) is 124 Å². The van der Waals surface area contributed by atoms with Gasteiger partial charge in [-0.25, -0.2) is 9.78 Å². The van der Waals surface area contributed by atoms with E-state index in [4.69, 9.17) is 37.4 Å². The number of esters is 1. The van der Waals surface area contributed by atoms with Crippen LogP contribution in [0.4, 0.5) is 10.5 Å². The molecule has 208 valence electrons. The van der Waals surface area contributed by atoms with Crippen LogP contribution in [0.3, 0.4) is 0 Å². The molecule has 1 aliphatic heterocycles. The number of nitrogens with zero attached hydrogens (tertiary/aromatic N) is 2. The van der Waals surface area contributed by atoms with Gasteiger partial charge >= 0.3 is 12.0 Å². The van der Waals surface area contributed by atoms with E-state index in [0.717, 1.165) is 11.1 Å². The zero-order valence-electron chi connectivity index (χ0n) is 21.5. The highest BCUT2D eigenvalue weighted by Gasteiger charge is 2.39. The molecule has 39 heavy (non-hydrogen) atoms. The van der Waals surface area contributed by atoms with Crippen LogP contribution in [0.5, 0.6) is 0 Å². The third kappa shape index (κ3) is 7.28. The number of aromatic nitrogens is 2. The van der Waals surface area contributed by atoms with E-state index >= 15 is 0 Å². The van der Waals surface area contributed by atoms with E-state index < -0.39 is 18.3 Å². The van der Waals surface area contributed by atoms with Crippen LogP contribution in [0.1, 0.15) is 42.9 Å². The number of anilines is 1. The Labute approximate surface area is 236 Å². The molecule has 1 aromatic heterocycles. The summed E-state index contributed by atoms with van der Waals surface area (Å²) in [5, 5.41) is 15.1. The number of nitrogens with one attached hydrogen (secondary N) is 2. The molecule has 1 aliphatic rings. The van der Waals surface area contributed by atoms with Crippen LogP contribution in [0.25, 0.3) is 0 Å². The monoisotopic (exact) mass is 576 g/mol. The average Bonchev–Trinajstić information content (AvgIpc) is 3.25. The quantitative estimate of drug-likeness (QED) is 0.311. The first-order valence-corrected chi connectivity index (χ1v) is 13.2. The van der Waals surface area contributed by atoms with E-state index in [2.05, 4.69) is 15.6 Å². The minimum atomic E-state index is -0.768. The summed E-state index contributed by atoms with van der Waals surface area (Å²) in [5.74, 6) is -0.614. The molecule has 2 heterocycles. The van der Waals surface area contributed by atoms with Crippen LogP contribution in [0, 0.1) is 5.92 Å². The Morgan fingerprint density at radius 3 is 2.56 bits per heavy atom. The molecular formula is C27H30Cl2N4O6. The Kier molecular flexibility index (Phi) is 9.82. The minimum Gasteiger partial charge on any atom is -0.465 e. The number of urea groups is 1. The molecule has 12 heteroatoms. The second-order valence-electron chi connectivity index (χ2n) is 9.04. The summed E-state index contributed by atoms with van der Waals surface area (Å²) < 4.78 is 19.4. The maximum Gasteiger partial charge on any atom is 0.325 e. The Morgan fingerprint density at radius 2 is 1.90 bits per heavy atom. The number of benzene rings is 2. The largest absolute Gasteiger partial charge is 0.465 e. The van der Waals surface area contributed by atoms with E-state index in [1.165, 1.54) is 0 Å². The number of hydrogen-bond acceptors (Lipinski definition) is 7. The van der Waals surface area contributed by atoms with Gasteiger partial charge in [-0.2, -0.15) is 0 Å². The number of carbonyl (C=O) groups excluding carboxylic acids is 2. The number of halogens is 2. The lowest BCUT2D eigenvalue weighted by Gasteiger charge is -2.41. The van der Waals surface area contributed by atoms with Gasteiger partial charge in [0.15, 0.2) is 11.4 Å². The molecule has 2 amide bonds. The lowest BCUT2D eigenvalue weighted by atomic mass is 9.90. The maximum absolute atomic E-state index is 12.3. The highest BCUT2D eigenvalue weighted by atomic mass is 35.5. The Morgan fingerprint density at radius 1 is 1.13 bits per heavy atom. The molecule has 3 N–H and O–H groups in total. The molecule has 0 aliphatic carbocycles. The number of rotatable bonds is 9. The Bertz CT molecular complexity index is 1290. The van der Waals surface area contributed by atoms with Crippen molar-refractivity contribution in [3.05, 3.63) is 81.9 Å². The van der Waals surface area contributed by atoms with Crippen LogP contribution >= 0.6 is 23.2 Å². The van der Waals surface area contributed by atoms with Gasteiger partial charge in [0.05, 0.1) is 38.3 Å². The van der Waals surface area contributed by atoms with E-state index in [1.807, 2.05) is 37.3 Å². The van der Waals surface area contributed by atoms with Crippen molar-refractivity contribution in [3.63, 3.8) is 0 Å². The van der Waals surface area contributed by atoms with Gasteiger partial charge in [-0.1, -0.05) is 66.5 Å². The highest BCUT2D eigenvalue weighted by molar-refractivity contribution is 6.40. The third-order valence-electron chi connectivity index (χ3n) is 6.35. The minimum absolute atomic E-state index is 0.0528. The second-order valence-corrected chi connectivity index (χ2v) is 9.75. The van der Waals surface area contributed by atoms with Crippen molar-refractivity contribution in [3.8, 4) is 0 Å². The van der Waals surface area contributed by atoms with Crippen LogP contribution in [0.15, 0.2) is 54.9 Å². The zero-order valence-corrected chi connectivity index (χ0v) is 23.0. The molecule has 0 saturated carbocycles. The smallest absolute Gasteiger partial charge is 0.325 e. The molecule has 0 spiro atoms. The molecule has 1 saturated heterocycles. The maximum atomic E-state index is 12.3. The van der Waals surface area contributed by atoms with Crippen LogP contribution < -0.4 is 10.6 Å². The summed E-state index contributed by atoms with van der Waals surface area (Å²) in [4.78, 5) is 27.9. The number of hydrogen-bond donors (Lipinski definition) is 3. The first-order chi connectivity index (χ1) is 18.8. The van der Waals surface area contributed by atoms with E-state index in [9.17, 15) is 14.7 Å². The van der Waals surface area contributed by atoms with Gasteiger partial charge < -0.3 is 34.5 Å². The van der Waals surface area contributed by atoms with Crippen LogP contribution in [0.2, 0.25) is 10.3 Å². The lowest BCUT2D eigenvalue weighted by Crippen LogP contribution is -2.39. The number of imidazole rings is 1. The van der Waals surface area contributed by atoms with E-state index in [-0.39, 0.29) is 43.0 Å². The van der Waals surface area contributed by atoms with Crippen molar-refractivity contribution >= 4 is 40.9 Å². The molecule has 2 aromatic carbocycles. The summed E-state index contributed by atoms with van der Waals surface area (Å²) in [7, 11) is 0. The Hall–Kier alpha value is -3.15. The fourth-order valence-electron chi connectivity index (χ4n) is 4.29. The van der Waals surface area contributed by atoms with Crippen LogP contribution in [-0.4, -0.2) is 45.9 Å². The highest BCUT2D eigenvalue weighted by Crippen LogP contribution is 2.42. The van der Waals surface area contributed by atoms with Gasteiger partial charge in [0, 0.05) is 17.2 Å². The van der Waals surface area contributed by atoms with Gasteiger partial charge in [-0.15, -0.1) is 0 Å². The molecular weight excluding hydrogens is 547 g/mol. The number of aliphatic hydroxyl groups excluding tert-OH is 1. The van der Waals surface area contributed by atoms with Gasteiger partial charge in [0.1, 0.15) is 11.7 Å². The normalized spacial score (nSPS) is 20.8. The van der Waals surface area contributed by atoms with Crippen molar-refractivity contribution in [1.82, 2.24) is 14.9 Å². The SMILES string of the molecule is CCOC(=O)CNC(=O)Nc1cccc([C@H]2O[C@@H](Cn3cnc(Cl)c3Cl)[C@@H](C)[C@@H](c3ccc(CO)cc3)O2)c1. The van der Waals surface area contributed by atoms with Crippen molar-refractivity contribution < 1.29 is 28.9 Å². The molecule has 0 bridgehead atoms. The number of aliphatic hydroxyl groups is 1. The predicted octanol–water partition coefficient (Wildman–Crippen LogP) is 4.86.